The molecule has 160 valence electrons. The second kappa shape index (κ2) is 7.40. The van der Waals surface area contributed by atoms with Crippen molar-refractivity contribution in [3.05, 3.63) is 41.0 Å². The van der Waals surface area contributed by atoms with E-state index < -0.39 is 18.0 Å². The van der Waals surface area contributed by atoms with Gasteiger partial charge >= 0.3 is 0 Å². The van der Waals surface area contributed by atoms with Crippen molar-refractivity contribution in [2.24, 2.45) is 0 Å². The predicted molar refractivity (Wildman–Crippen MR) is 109 cm³/mol. The third kappa shape index (κ3) is 3.23. The summed E-state index contributed by atoms with van der Waals surface area (Å²) < 4.78 is 28.6. The fourth-order valence-electron chi connectivity index (χ4n) is 4.04. The van der Waals surface area contributed by atoms with E-state index in [4.69, 9.17) is 23.7 Å². The van der Waals surface area contributed by atoms with Gasteiger partial charge in [0.2, 0.25) is 5.78 Å². The molecule has 7 heteroatoms. The molecule has 0 amide bonds. The molecule has 2 aromatic carbocycles. The van der Waals surface area contributed by atoms with Crippen LogP contribution < -0.4 is 23.7 Å². The Labute approximate surface area is 175 Å². The summed E-state index contributed by atoms with van der Waals surface area (Å²) >= 11 is 0. The molecule has 0 aromatic heterocycles. The molecule has 7 nitrogen and oxygen atoms in total. The van der Waals surface area contributed by atoms with Gasteiger partial charge in [-0.15, -0.1) is 0 Å². The zero-order chi connectivity index (χ0) is 21.6. The zero-order valence-corrected chi connectivity index (χ0v) is 17.8. The second-order valence-corrected chi connectivity index (χ2v) is 8.08. The topological polar surface area (TPSA) is 83.5 Å². The van der Waals surface area contributed by atoms with Crippen LogP contribution in [0.3, 0.4) is 0 Å². The maximum Gasteiger partial charge on any atom is 0.202 e. The van der Waals surface area contributed by atoms with Gasteiger partial charge in [-0.25, -0.2) is 0 Å². The smallest absolute Gasteiger partial charge is 0.202 e. The number of rotatable bonds is 4. The maximum atomic E-state index is 13.2. The first-order valence-electron chi connectivity index (χ1n) is 9.83. The summed E-state index contributed by atoms with van der Waals surface area (Å²) in [6, 6.07) is 6.87. The largest absolute Gasteiger partial charge is 0.497 e. The van der Waals surface area contributed by atoms with Gasteiger partial charge in [0, 0.05) is 23.3 Å². The molecule has 0 fully saturated rings. The molecule has 0 radical (unpaired) electrons. The highest BCUT2D eigenvalue weighted by atomic mass is 16.5. The summed E-state index contributed by atoms with van der Waals surface area (Å²) in [7, 11) is 4.55. The lowest BCUT2D eigenvalue weighted by Gasteiger charge is -2.37. The van der Waals surface area contributed by atoms with Crippen molar-refractivity contribution in [1.82, 2.24) is 0 Å². The molecule has 0 saturated heterocycles. The molecule has 1 N–H and O–H groups in total. The van der Waals surface area contributed by atoms with Crippen LogP contribution in [0.15, 0.2) is 24.3 Å². The molecule has 0 saturated carbocycles. The van der Waals surface area contributed by atoms with E-state index in [9.17, 15) is 9.90 Å². The summed E-state index contributed by atoms with van der Waals surface area (Å²) in [4.78, 5) is 13.2. The van der Waals surface area contributed by atoms with E-state index in [2.05, 4.69) is 0 Å². The Hall–Kier alpha value is -2.93. The van der Waals surface area contributed by atoms with Crippen LogP contribution in [0, 0.1) is 0 Å². The average molecular weight is 414 g/mol. The van der Waals surface area contributed by atoms with E-state index in [0.717, 1.165) is 12.0 Å². The van der Waals surface area contributed by atoms with Crippen molar-refractivity contribution in [2.75, 3.05) is 21.3 Å². The van der Waals surface area contributed by atoms with Crippen LogP contribution in [0.1, 0.15) is 47.9 Å². The van der Waals surface area contributed by atoms with E-state index in [1.165, 1.54) is 14.2 Å². The van der Waals surface area contributed by atoms with E-state index in [1.54, 1.807) is 31.4 Å². The fourth-order valence-corrected chi connectivity index (χ4v) is 4.04. The highest BCUT2D eigenvalue weighted by molar-refractivity contribution is 6.06. The average Bonchev–Trinajstić information content (AvgIpc) is 2.73. The number of methoxy groups -OCH3 is 3. The van der Waals surface area contributed by atoms with Gasteiger partial charge in [-0.1, -0.05) is 0 Å². The van der Waals surface area contributed by atoms with Gasteiger partial charge in [0.1, 0.15) is 39.9 Å². The summed E-state index contributed by atoms with van der Waals surface area (Å²) in [5.41, 5.74) is 1.28. The lowest BCUT2D eigenvalue weighted by Crippen LogP contribution is -2.38. The second-order valence-electron chi connectivity index (χ2n) is 8.08. The molecule has 2 atom stereocenters. The number of benzene rings is 2. The van der Waals surface area contributed by atoms with Crippen LogP contribution in [-0.4, -0.2) is 43.9 Å². The Morgan fingerprint density at radius 1 is 1.07 bits per heavy atom. The third-order valence-corrected chi connectivity index (χ3v) is 5.68. The molecule has 0 aliphatic carbocycles. The van der Waals surface area contributed by atoms with Crippen molar-refractivity contribution in [1.29, 1.82) is 0 Å². The van der Waals surface area contributed by atoms with Crippen LogP contribution in [-0.2, 0) is 6.42 Å². The molecular formula is C23H26O7. The Morgan fingerprint density at radius 2 is 1.80 bits per heavy atom. The Morgan fingerprint density at radius 3 is 2.47 bits per heavy atom. The van der Waals surface area contributed by atoms with Crippen LogP contribution in [0.25, 0.3) is 0 Å². The van der Waals surface area contributed by atoms with Crippen molar-refractivity contribution < 1.29 is 33.6 Å². The van der Waals surface area contributed by atoms with Crippen LogP contribution >= 0.6 is 0 Å². The highest BCUT2D eigenvalue weighted by Gasteiger charge is 2.43. The maximum absolute atomic E-state index is 13.2. The van der Waals surface area contributed by atoms with Crippen molar-refractivity contribution in [3.8, 4) is 28.7 Å². The minimum atomic E-state index is -1.41. The number of Topliss-reactive ketones (excluding diaryl/α,β-unsaturated/α-hetero) is 1. The monoisotopic (exact) mass is 414 g/mol. The fraction of sp³-hybridized carbons (Fsp3) is 0.435. The summed E-state index contributed by atoms with van der Waals surface area (Å²) in [5.74, 6) is 1.96. The lowest BCUT2D eigenvalue weighted by molar-refractivity contribution is 0.0183. The molecule has 0 spiro atoms. The Bertz CT molecular complexity index is 996. The van der Waals surface area contributed by atoms with Gasteiger partial charge in [-0.3, -0.25) is 4.79 Å². The SMILES string of the molecule is COc1ccc(C2Oc3c4c(cc(OC)c3C(=O)C2O)OC(C)(C)CC4)c(OC)c1. The standard InChI is InChI=1S/C23H26O7/c1-23(2)9-8-14-16(30-23)11-17(28-5)18-19(24)20(25)22(29-21(14)18)13-7-6-12(26-3)10-15(13)27-4/h6-7,10-11,20,22,25H,8-9H2,1-5H3. The zero-order valence-electron chi connectivity index (χ0n) is 17.8. The minimum Gasteiger partial charge on any atom is -0.497 e. The summed E-state index contributed by atoms with van der Waals surface area (Å²) in [6.07, 6.45) is -0.885. The van der Waals surface area contributed by atoms with Crippen molar-refractivity contribution in [3.63, 3.8) is 0 Å². The molecule has 2 aromatic rings. The number of ketones is 1. The van der Waals surface area contributed by atoms with E-state index in [-0.39, 0.29) is 11.2 Å². The van der Waals surface area contributed by atoms with Gasteiger partial charge in [-0.05, 0) is 38.8 Å². The van der Waals surface area contributed by atoms with Crippen LogP contribution in [0.2, 0.25) is 0 Å². The first kappa shape index (κ1) is 20.3. The summed E-state index contributed by atoms with van der Waals surface area (Å²) in [6.45, 7) is 4.03. The van der Waals surface area contributed by atoms with Gasteiger partial charge in [0.05, 0.1) is 21.3 Å². The quantitative estimate of drug-likeness (QED) is 0.820. The van der Waals surface area contributed by atoms with Crippen LogP contribution in [0.4, 0.5) is 0 Å². The molecule has 4 rings (SSSR count). The van der Waals surface area contributed by atoms with E-state index in [0.29, 0.717) is 40.7 Å². The first-order valence-corrected chi connectivity index (χ1v) is 9.83. The molecule has 0 bridgehead atoms. The van der Waals surface area contributed by atoms with Gasteiger partial charge < -0.3 is 28.8 Å². The number of hydrogen-bond acceptors (Lipinski definition) is 7. The minimum absolute atomic E-state index is 0.246. The normalized spacial score (nSPS) is 21.6. The lowest BCUT2D eigenvalue weighted by atomic mass is 9.87. The molecule has 30 heavy (non-hydrogen) atoms. The number of ether oxygens (including phenoxy) is 5. The molecule has 2 aliphatic rings. The number of hydrogen-bond donors (Lipinski definition) is 1. The summed E-state index contributed by atoms with van der Waals surface area (Å²) in [5, 5.41) is 10.8. The van der Waals surface area contributed by atoms with E-state index in [1.807, 2.05) is 13.8 Å². The molecule has 2 unspecified atom stereocenters. The number of carbonyl (C=O) groups excluding carboxylic acids is 1. The molecule has 2 heterocycles. The molecular weight excluding hydrogens is 388 g/mol. The number of aliphatic hydroxyl groups is 1. The Balaban J connectivity index is 1.85. The third-order valence-electron chi connectivity index (χ3n) is 5.68. The predicted octanol–water partition coefficient (Wildman–Crippen LogP) is 3.49. The number of carbonyl (C=O) groups is 1. The Kier molecular flexibility index (Phi) is 5.02. The molecule has 2 aliphatic heterocycles. The van der Waals surface area contributed by atoms with Crippen molar-refractivity contribution in [2.45, 2.75) is 44.5 Å². The van der Waals surface area contributed by atoms with Gasteiger partial charge in [0.15, 0.2) is 12.2 Å². The number of fused-ring (bicyclic) bond motifs is 3. The highest BCUT2D eigenvalue weighted by Crippen LogP contribution is 2.50. The first-order chi connectivity index (χ1) is 14.3. The van der Waals surface area contributed by atoms with Gasteiger partial charge in [0.25, 0.3) is 0 Å². The van der Waals surface area contributed by atoms with Crippen LogP contribution in [0.5, 0.6) is 28.7 Å². The van der Waals surface area contributed by atoms with E-state index >= 15 is 0 Å². The van der Waals surface area contributed by atoms with Crippen molar-refractivity contribution >= 4 is 5.78 Å². The van der Waals surface area contributed by atoms with Gasteiger partial charge in [-0.2, -0.15) is 0 Å². The number of aliphatic hydroxyl groups excluding tert-OH is 1.